The number of nitrogens with zero attached hydrogens (tertiary/aromatic N) is 2. The van der Waals surface area contributed by atoms with Crippen LogP contribution in [-0.4, -0.2) is 27.9 Å². The highest BCUT2D eigenvalue weighted by molar-refractivity contribution is 5.33. The van der Waals surface area contributed by atoms with E-state index < -0.39 is 0 Å². The summed E-state index contributed by atoms with van der Waals surface area (Å²) in [7, 11) is 1.97. The van der Waals surface area contributed by atoms with Gasteiger partial charge >= 0.3 is 0 Å². The standard InChI is InChI=1S/C14H18N2O2/c1-16-9-8-15-14(16)7-11-18-13-5-3-2-4-12(13)6-10-17/h2-5,8-9,17H,6-7,10-11H2,1H3. The fraction of sp³-hybridized carbons (Fsp3) is 0.357. The van der Waals surface area contributed by atoms with Gasteiger partial charge in [0.25, 0.3) is 0 Å². The van der Waals surface area contributed by atoms with E-state index in [-0.39, 0.29) is 6.61 Å². The van der Waals surface area contributed by atoms with Crippen LogP contribution in [0.25, 0.3) is 0 Å². The Morgan fingerprint density at radius 2 is 2.11 bits per heavy atom. The van der Waals surface area contributed by atoms with E-state index >= 15 is 0 Å². The Labute approximate surface area is 107 Å². The Morgan fingerprint density at radius 1 is 1.28 bits per heavy atom. The lowest BCUT2D eigenvalue weighted by Crippen LogP contribution is -2.07. The molecule has 0 amide bonds. The molecule has 0 spiro atoms. The molecule has 0 bridgehead atoms. The predicted octanol–water partition coefficient (Wildman–Crippen LogP) is 1.58. The van der Waals surface area contributed by atoms with Crippen molar-refractivity contribution >= 4 is 0 Å². The molecule has 18 heavy (non-hydrogen) atoms. The third-order valence-electron chi connectivity index (χ3n) is 2.86. The summed E-state index contributed by atoms with van der Waals surface area (Å²) in [6.07, 6.45) is 5.11. The molecule has 0 fully saturated rings. The Bertz CT molecular complexity index is 494. The normalized spacial score (nSPS) is 10.6. The van der Waals surface area contributed by atoms with Gasteiger partial charge in [-0.2, -0.15) is 0 Å². The molecule has 2 rings (SSSR count). The average molecular weight is 246 g/mol. The van der Waals surface area contributed by atoms with Gasteiger partial charge in [0.1, 0.15) is 11.6 Å². The zero-order valence-electron chi connectivity index (χ0n) is 10.5. The quantitative estimate of drug-likeness (QED) is 0.841. The average Bonchev–Trinajstić information content (AvgIpc) is 2.78. The maximum Gasteiger partial charge on any atom is 0.122 e. The van der Waals surface area contributed by atoms with Crippen LogP contribution in [0.1, 0.15) is 11.4 Å². The zero-order valence-corrected chi connectivity index (χ0v) is 10.5. The summed E-state index contributed by atoms with van der Waals surface area (Å²) in [5.41, 5.74) is 1.04. The van der Waals surface area contributed by atoms with E-state index in [2.05, 4.69) is 4.98 Å². The summed E-state index contributed by atoms with van der Waals surface area (Å²) in [6.45, 7) is 0.729. The number of aromatic nitrogens is 2. The maximum absolute atomic E-state index is 8.99. The van der Waals surface area contributed by atoms with Gasteiger partial charge in [-0.05, 0) is 18.1 Å². The maximum atomic E-state index is 8.99. The molecule has 4 heteroatoms. The summed E-state index contributed by atoms with van der Waals surface area (Å²) in [6, 6.07) is 7.81. The highest BCUT2D eigenvalue weighted by Gasteiger charge is 2.04. The summed E-state index contributed by atoms with van der Waals surface area (Å²) in [5.74, 6) is 1.86. The molecular weight excluding hydrogens is 228 g/mol. The smallest absolute Gasteiger partial charge is 0.122 e. The first-order valence-electron chi connectivity index (χ1n) is 6.09. The van der Waals surface area contributed by atoms with Crippen LogP contribution in [-0.2, 0) is 19.9 Å². The van der Waals surface area contributed by atoms with Crippen LogP contribution < -0.4 is 4.74 Å². The summed E-state index contributed by atoms with van der Waals surface area (Å²) in [4.78, 5) is 4.25. The van der Waals surface area contributed by atoms with Crippen molar-refractivity contribution in [1.82, 2.24) is 9.55 Å². The van der Waals surface area contributed by atoms with E-state index in [1.807, 2.05) is 42.1 Å². The van der Waals surface area contributed by atoms with E-state index in [0.717, 1.165) is 23.6 Å². The number of ether oxygens (including phenoxy) is 1. The number of aryl methyl sites for hydroxylation is 1. The molecule has 2 aromatic rings. The van der Waals surface area contributed by atoms with Crippen LogP contribution in [0.5, 0.6) is 5.75 Å². The van der Waals surface area contributed by atoms with Crippen LogP contribution in [0, 0.1) is 0 Å². The van der Waals surface area contributed by atoms with Crippen LogP contribution in [0.2, 0.25) is 0 Å². The van der Waals surface area contributed by atoms with Gasteiger partial charge < -0.3 is 14.4 Å². The number of hydrogen-bond acceptors (Lipinski definition) is 3. The SMILES string of the molecule is Cn1ccnc1CCOc1ccccc1CCO. The Kier molecular flexibility index (Phi) is 4.36. The van der Waals surface area contributed by atoms with Crippen molar-refractivity contribution in [3.05, 3.63) is 48.0 Å². The van der Waals surface area contributed by atoms with Crippen LogP contribution >= 0.6 is 0 Å². The molecule has 0 aliphatic rings. The molecule has 0 atom stereocenters. The van der Waals surface area contributed by atoms with E-state index in [9.17, 15) is 0 Å². The van der Waals surface area contributed by atoms with Gasteiger partial charge in [-0.25, -0.2) is 4.98 Å². The molecule has 0 unspecified atom stereocenters. The van der Waals surface area contributed by atoms with Crippen molar-refractivity contribution in [3.8, 4) is 5.75 Å². The fourth-order valence-electron chi connectivity index (χ4n) is 1.86. The third kappa shape index (κ3) is 3.11. The highest BCUT2D eigenvalue weighted by atomic mass is 16.5. The van der Waals surface area contributed by atoms with Crippen molar-refractivity contribution in [2.75, 3.05) is 13.2 Å². The minimum Gasteiger partial charge on any atom is -0.493 e. The van der Waals surface area contributed by atoms with E-state index in [0.29, 0.717) is 13.0 Å². The Morgan fingerprint density at radius 3 is 2.83 bits per heavy atom. The topological polar surface area (TPSA) is 47.3 Å². The van der Waals surface area contributed by atoms with Crippen molar-refractivity contribution in [2.45, 2.75) is 12.8 Å². The second-order valence-electron chi connectivity index (χ2n) is 4.13. The molecule has 1 aromatic heterocycles. The van der Waals surface area contributed by atoms with Gasteiger partial charge in [-0.3, -0.25) is 0 Å². The summed E-state index contributed by atoms with van der Waals surface area (Å²) < 4.78 is 7.74. The van der Waals surface area contributed by atoms with Crippen LogP contribution in [0.15, 0.2) is 36.7 Å². The molecule has 96 valence electrons. The number of hydrogen-bond donors (Lipinski definition) is 1. The third-order valence-corrected chi connectivity index (χ3v) is 2.86. The van der Waals surface area contributed by atoms with Crippen LogP contribution in [0.3, 0.4) is 0 Å². The second kappa shape index (κ2) is 6.21. The first-order valence-corrected chi connectivity index (χ1v) is 6.09. The van der Waals surface area contributed by atoms with Crippen molar-refractivity contribution < 1.29 is 9.84 Å². The Balaban J connectivity index is 1.92. The van der Waals surface area contributed by atoms with Crippen LogP contribution in [0.4, 0.5) is 0 Å². The summed E-state index contributed by atoms with van der Waals surface area (Å²) >= 11 is 0. The molecule has 1 N–H and O–H groups in total. The van der Waals surface area contributed by atoms with Gasteiger partial charge in [-0.15, -0.1) is 0 Å². The molecule has 0 radical (unpaired) electrons. The molecule has 0 aliphatic carbocycles. The number of rotatable bonds is 6. The molecule has 1 heterocycles. The van der Waals surface area contributed by atoms with E-state index in [4.69, 9.17) is 9.84 Å². The number of aliphatic hydroxyl groups is 1. The molecule has 4 nitrogen and oxygen atoms in total. The molecule has 1 aromatic carbocycles. The molecule has 0 saturated heterocycles. The van der Waals surface area contributed by atoms with Gasteiger partial charge in [0, 0.05) is 32.5 Å². The lowest BCUT2D eigenvalue weighted by atomic mass is 10.1. The van der Waals surface area contributed by atoms with Gasteiger partial charge in [0.15, 0.2) is 0 Å². The minimum absolute atomic E-state index is 0.139. The number of benzene rings is 1. The fourth-order valence-corrected chi connectivity index (χ4v) is 1.86. The largest absolute Gasteiger partial charge is 0.493 e. The Hall–Kier alpha value is -1.81. The highest BCUT2D eigenvalue weighted by Crippen LogP contribution is 2.18. The summed E-state index contributed by atoms with van der Waals surface area (Å²) in [5, 5.41) is 8.99. The van der Waals surface area contributed by atoms with Gasteiger partial charge in [-0.1, -0.05) is 18.2 Å². The lowest BCUT2D eigenvalue weighted by molar-refractivity contribution is 0.288. The number of imidazole rings is 1. The second-order valence-corrected chi connectivity index (χ2v) is 4.13. The molecule has 0 saturated carbocycles. The molecule has 0 aliphatic heterocycles. The number of aliphatic hydroxyl groups excluding tert-OH is 1. The van der Waals surface area contributed by atoms with E-state index in [1.165, 1.54) is 0 Å². The lowest BCUT2D eigenvalue weighted by Gasteiger charge is -2.10. The van der Waals surface area contributed by atoms with E-state index in [1.54, 1.807) is 6.20 Å². The van der Waals surface area contributed by atoms with Crippen molar-refractivity contribution in [2.24, 2.45) is 7.05 Å². The monoisotopic (exact) mass is 246 g/mol. The van der Waals surface area contributed by atoms with Gasteiger partial charge in [0.2, 0.25) is 0 Å². The first-order chi connectivity index (χ1) is 8.81. The van der Waals surface area contributed by atoms with Gasteiger partial charge in [0.05, 0.1) is 6.61 Å². The van der Waals surface area contributed by atoms with Crippen molar-refractivity contribution in [3.63, 3.8) is 0 Å². The molecular formula is C14H18N2O2. The number of para-hydroxylation sites is 1. The minimum atomic E-state index is 0.139. The first kappa shape index (κ1) is 12.6. The van der Waals surface area contributed by atoms with Crippen molar-refractivity contribution in [1.29, 1.82) is 0 Å². The predicted molar refractivity (Wildman–Crippen MR) is 69.6 cm³/mol. The zero-order chi connectivity index (χ0) is 12.8.